The summed E-state index contributed by atoms with van der Waals surface area (Å²) in [6.45, 7) is 2.66. The van der Waals surface area contributed by atoms with Gasteiger partial charge in [-0.3, -0.25) is 0 Å². The van der Waals surface area contributed by atoms with Crippen LogP contribution in [0.15, 0.2) is 30.5 Å². The number of halogens is 1. The summed E-state index contributed by atoms with van der Waals surface area (Å²) < 4.78 is 13.0. The molecule has 0 radical (unpaired) electrons. The summed E-state index contributed by atoms with van der Waals surface area (Å²) in [6.07, 6.45) is 2.52. The number of aromatic nitrogens is 2. The Bertz CT molecular complexity index is 557. The predicted octanol–water partition coefficient (Wildman–Crippen LogP) is 2.62. The summed E-state index contributed by atoms with van der Waals surface area (Å²) in [5, 5.41) is 6.11. The van der Waals surface area contributed by atoms with Crippen LogP contribution in [-0.4, -0.2) is 23.6 Å². The Morgan fingerprint density at radius 2 is 2.11 bits per heavy atom. The fraction of sp³-hybridized carbons (Fsp3) is 0.286. The van der Waals surface area contributed by atoms with Crippen LogP contribution in [0.4, 0.5) is 16.2 Å². The zero-order valence-corrected chi connectivity index (χ0v) is 11.1. The molecular formula is C14H17FN4. The summed E-state index contributed by atoms with van der Waals surface area (Å²) in [4.78, 5) is 8.31. The van der Waals surface area contributed by atoms with Gasteiger partial charge in [0.1, 0.15) is 11.6 Å². The van der Waals surface area contributed by atoms with Crippen LogP contribution in [0.3, 0.4) is 0 Å². The van der Waals surface area contributed by atoms with Gasteiger partial charge in [-0.05, 0) is 42.7 Å². The van der Waals surface area contributed by atoms with E-state index in [0.29, 0.717) is 5.95 Å². The highest BCUT2D eigenvalue weighted by Crippen LogP contribution is 2.11. The van der Waals surface area contributed by atoms with Gasteiger partial charge in [-0.2, -0.15) is 4.98 Å². The molecule has 0 aliphatic heterocycles. The van der Waals surface area contributed by atoms with Gasteiger partial charge < -0.3 is 10.6 Å². The monoisotopic (exact) mass is 260 g/mol. The Hall–Kier alpha value is -2.17. The second kappa shape index (κ2) is 6.13. The number of benzene rings is 1. The number of rotatable bonds is 5. The second-order valence-corrected chi connectivity index (χ2v) is 4.26. The van der Waals surface area contributed by atoms with E-state index < -0.39 is 0 Å². The molecule has 0 amide bonds. The van der Waals surface area contributed by atoms with Gasteiger partial charge in [0.15, 0.2) is 0 Å². The molecule has 1 aromatic carbocycles. The molecule has 0 spiro atoms. The van der Waals surface area contributed by atoms with Crippen molar-refractivity contribution in [1.29, 1.82) is 0 Å². The van der Waals surface area contributed by atoms with E-state index in [9.17, 15) is 4.39 Å². The first-order chi connectivity index (χ1) is 9.19. The van der Waals surface area contributed by atoms with Crippen LogP contribution >= 0.6 is 0 Å². The lowest BCUT2D eigenvalue weighted by molar-refractivity contribution is 0.625. The van der Waals surface area contributed by atoms with Crippen LogP contribution in [0.2, 0.25) is 0 Å². The molecule has 0 atom stereocenters. The molecule has 0 saturated heterocycles. The number of hydrogen-bond donors (Lipinski definition) is 2. The van der Waals surface area contributed by atoms with Crippen molar-refractivity contribution in [3.8, 4) is 0 Å². The van der Waals surface area contributed by atoms with Gasteiger partial charge in [-0.15, -0.1) is 0 Å². The average Bonchev–Trinajstić information content (AvgIpc) is 2.41. The summed E-state index contributed by atoms with van der Waals surface area (Å²) in [7, 11) is 1.78. The maximum absolute atomic E-state index is 13.0. The lowest BCUT2D eigenvalue weighted by Gasteiger charge is -2.08. The van der Waals surface area contributed by atoms with E-state index in [-0.39, 0.29) is 5.82 Å². The third-order valence-corrected chi connectivity index (χ3v) is 2.88. The van der Waals surface area contributed by atoms with E-state index in [1.807, 2.05) is 19.1 Å². The number of nitrogens with zero attached hydrogens (tertiary/aromatic N) is 2. The predicted molar refractivity (Wildman–Crippen MR) is 74.9 cm³/mol. The third-order valence-electron chi connectivity index (χ3n) is 2.88. The Kier molecular flexibility index (Phi) is 4.28. The van der Waals surface area contributed by atoms with Gasteiger partial charge in [0, 0.05) is 19.8 Å². The van der Waals surface area contributed by atoms with Gasteiger partial charge in [-0.1, -0.05) is 6.07 Å². The number of nitrogens with one attached hydrogen (secondary N) is 2. The Labute approximate surface area is 112 Å². The van der Waals surface area contributed by atoms with Gasteiger partial charge in [-0.25, -0.2) is 9.37 Å². The first-order valence-corrected chi connectivity index (χ1v) is 6.19. The lowest BCUT2D eigenvalue weighted by Crippen LogP contribution is -2.08. The van der Waals surface area contributed by atoms with Gasteiger partial charge >= 0.3 is 0 Å². The molecule has 2 aromatic rings. The molecule has 1 aromatic heterocycles. The molecule has 1 heterocycles. The van der Waals surface area contributed by atoms with Crippen molar-refractivity contribution >= 4 is 11.8 Å². The maximum Gasteiger partial charge on any atom is 0.224 e. The molecule has 0 aliphatic rings. The fourth-order valence-corrected chi connectivity index (χ4v) is 1.84. The highest BCUT2D eigenvalue weighted by Gasteiger charge is 2.01. The first-order valence-electron chi connectivity index (χ1n) is 6.19. The van der Waals surface area contributed by atoms with E-state index >= 15 is 0 Å². The average molecular weight is 260 g/mol. The molecule has 2 N–H and O–H groups in total. The van der Waals surface area contributed by atoms with Gasteiger partial charge in [0.2, 0.25) is 5.95 Å². The summed E-state index contributed by atoms with van der Waals surface area (Å²) in [5.74, 6) is 1.17. The standard InChI is InChI=1S/C14H17FN4/c1-10-9-12(15)4-3-11(10)5-7-17-13-6-8-18-14(16-2)19-13/h3-4,6,8-9H,5,7H2,1-2H3,(H2,16,17,18,19). The van der Waals surface area contributed by atoms with Crippen molar-refractivity contribution in [2.75, 3.05) is 24.2 Å². The van der Waals surface area contributed by atoms with Crippen LogP contribution in [0.25, 0.3) is 0 Å². The molecule has 100 valence electrons. The van der Waals surface area contributed by atoms with Crippen molar-refractivity contribution in [2.45, 2.75) is 13.3 Å². The summed E-state index contributed by atoms with van der Waals surface area (Å²) in [6, 6.07) is 6.69. The third kappa shape index (κ3) is 3.64. The van der Waals surface area contributed by atoms with Crippen LogP contribution in [0.1, 0.15) is 11.1 Å². The molecule has 5 heteroatoms. The fourth-order valence-electron chi connectivity index (χ4n) is 1.84. The molecule has 0 unspecified atom stereocenters. The maximum atomic E-state index is 13.0. The quantitative estimate of drug-likeness (QED) is 0.867. The van der Waals surface area contributed by atoms with E-state index in [4.69, 9.17) is 0 Å². The molecule has 4 nitrogen and oxygen atoms in total. The minimum atomic E-state index is -0.191. The normalized spacial score (nSPS) is 10.3. The molecular weight excluding hydrogens is 243 g/mol. The minimum absolute atomic E-state index is 0.191. The minimum Gasteiger partial charge on any atom is -0.370 e. The second-order valence-electron chi connectivity index (χ2n) is 4.26. The van der Waals surface area contributed by atoms with E-state index in [1.54, 1.807) is 19.3 Å². The van der Waals surface area contributed by atoms with Crippen molar-refractivity contribution < 1.29 is 4.39 Å². The molecule has 2 rings (SSSR count). The zero-order chi connectivity index (χ0) is 13.7. The number of hydrogen-bond acceptors (Lipinski definition) is 4. The Balaban J connectivity index is 1.92. The highest BCUT2D eigenvalue weighted by molar-refractivity contribution is 5.39. The van der Waals surface area contributed by atoms with E-state index in [2.05, 4.69) is 20.6 Å². The largest absolute Gasteiger partial charge is 0.370 e. The Morgan fingerprint density at radius 3 is 2.84 bits per heavy atom. The molecule has 0 aliphatic carbocycles. The summed E-state index contributed by atoms with van der Waals surface area (Å²) >= 11 is 0. The van der Waals surface area contributed by atoms with Gasteiger partial charge in [0.25, 0.3) is 0 Å². The topological polar surface area (TPSA) is 49.8 Å². The zero-order valence-electron chi connectivity index (χ0n) is 11.1. The van der Waals surface area contributed by atoms with Crippen molar-refractivity contribution in [2.24, 2.45) is 0 Å². The lowest BCUT2D eigenvalue weighted by atomic mass is 10.1. The number of aryl methyl sites for hydroxylation is 1. The van der Waals surface area contributed by atoms with E-state index in [1.165, 1.54) is 6.07 Å². The van der Waals surface area contributed by atoms with Crippen LogP contribution < -0.4 is 10.6 Å². The molecule has 19 heavy (non-hydrogen) atoms. The van der Waals surface area contributed by atoms with Crippen LogP contribution in [0.5, 0.6) is 0 Å². The summed E-state index contributed by atoms with van der Waals surface area (Å²) in [5.41, 5.74) is 2.11. The Morgan fingerprint density at radius 1 is 1.26 bits per heavy atom. The first kappa shape index (κ1) is 13.3. The highest BCUT2D eigenvalue weighted by atomic mass is 19.1. The smallest absolute Gasteiger partial charge is 0.224 e. The molecule has 0 fully saturated rings. The van der Waals surface area contributed by atoms with Crippen molar-refractivity contribution in [1.82, 2.24) is 9.97 Å². The molecule has 0 saturated carbocycles. The molecule has 0 bridgehead atoms. The number of anilines is 2. The van der Waals surface area contributed by atoms with Crippen LogP contribution in [-0.2, 0) is 6.42 Å². The van der Waals surface area contributed by atoms with Crippen molar-refractivity contribution in [3.05, 3.63) is 47.4 Å². The SMILES string of the molecule is CNc1nccc(NCCc2ccc(F)cc2C)n1. The van der Waals surface area contributed by atoms with Crippen LogP contribution in [0, 0.1) is 12.7 Å². The van der Waals surface area contributed by atoms with E-state index in [0.717, 1.165) is 29.9 Å². The van der Waals surface area contributed by atoms with Crippen molar-refractivity contribution in [3.63, 3.8) is 0 Å². The van der Waals surface area contributed by atoms with Gasteiger partial charge in [0.05, 0.1) is 0 Å².